The maximum Gasteiger partial charge on any atom is 0.262 e. The number of aryl methyl sites for hydroxylation is 1. The van der Waals surface area contributed by atoms with Gasteiger partial charge in [0.05, 0.1) is 11.1 Å². The van der Waals surface area contributed by atoms with Crippen molar-refractivity contribution in [2.75, 3.05) is 5.32 Å². The molecule has 0 fully saturated rings. The predicted molar refractivity (Wildman–Crippen MR) is 105 cm³/mol. The Kier molecular flexibility index (Phi) is 5.13. The largest absolute Gasteiger partial charge is 0.324 e. The molecular weight excluding hydrogens is 340 g/mol. The fourth-order valence-corrected chi connectivity index (χ4v) is 3.37. The summed E-state index contributed by atoms with van der Waals surface area (Å²) in [7, 11) is 0. The topological polar surface area (TPSA) is 66.5 Å². The zero-order chi connectivity index (χ0) is 19.7. The number of fused-ring (bicyclic) bond motifs is 1. The van der Waals surface area contributed by atoms with Crippen LogP contribution < -0.4 is 5.32 Å². The number of hydrogen-bond acceptors (Lipinski definition) is 3. The molecule has 0 bridgehead atoms. The van der Waals surface area contributed by atoms with Crippen molar-refractivity contribution in [1.82, 2.24) is 4.90 Å². The van der Waals surface area contributed by atoms with Crippen LogP contribution in [0.3, 0.4) is 0 Å². The fourth-order valence-electron chi connectivity index (χ4n) is 3.37. The number of benzene rings is 2. The highest BCUT2D eigenvalue weighted by atomic mass is 16.2. The Labute approximate surface area is 159 Å². The Bertz CT molecular complexity index is 883. The van der Waals surface area contributed by atoms with Gasteiger partial charge in [-0.2, -0.15) is 0 Å². The highest BCUT2D eigenvalue weighted by Gasteiger charge is 2.42. The maximum absolute atomic E-state index is 13.1. The summed E-state index contributed by atoms with van der Waals surface area (Å²) < 4.78 is 0. The van der Waals surface area contributed by atoms with Crippen molar-refractivity contribution in [3.05, 3.63) is 64.7 Å². The Morgan fingerprint density at radius 1 is 0.963 bits per heavy atom. The van der Waals surface area contributed by atoms with Crippen LogP contribution in [0.2, 0.25) is 0 Å². The molecule has 0 aromatic heterocycles. The molecule has 5 nitrogen and oxygen atoms in total. The van der Waals surface area contributed by atoms with Crippen LogP contribution in [0.5, 0.6) is 0 Å². The lowest BCUT2D eigenvalue weighted by Crippen LogP contribution is -2.48. The minimum Gasteiger partial charge on any atom is -0.324 e. The third-order valence-corrected chi connectivity index (χ3v) is 5.00. The summed E-state index contributed by atoms with van der Waals surface area (Å²) >= 11 is 0. The second-order valence-electron chi connectivity index (χ2n) is 7.41. The molecule has 3 amide bonds. The number of carbonyl (C=O) groups is 3. The summed E-state index contributed by atoms with van der Waals surface area (Å²) in [5.41, 5.74) is 3.45. The molecule has 5 heteroatoms. The van der Waals surface area contributed by atoms with Crippen molar-refractivity contribution in [3.63, 3.8) is 0 Å². The number of hydrogen-bond donors (Lipinski definition) is 1. The van der Waals surface area contributed by atoms with Gasteiger partial charge in [-0.15, -0.1) is 0 Å². The van der Waals surface area contributed by atoms with Gasteiger partial charge in [0.2, 0.25) is 5.91 Å². The van der Waals surface area contributed by atoms with Gasteiger partial charge >= 0.3 is 0 Å². The van der Waals surface area contributed by atoms with Gasteiger partial charge in [-0.1, -0.05) is 38.1 Å². The van der Waals surface area contributed by atoms with E-state index in [9.17, 15) is 14.4 Å². The number of imide groups is 1. The fraction of sp³-hybridized carbons (Fsp3) is 0.318. The van der Waals surface area contributed by atoms with E-state index in [1.54, 1.807) is 24.3 Å². The van der Waals surface area contributed by atoms with Gasteiger partial charge in [-0.3, -0.25) is 19.3 Å². The van der Waals surface area contributed by atoms with Crippen LogP contribution in [-0.4, -0.2) is 28.7 Å². The SMILES string of the molecule is Cc1cccc(NC(=O)C(CC(C)C)N2C(=O)c3ccccc3C2=O)c1C. The molecule has 3 rings (SSSR count). The standard InChI is InChI=1S/C22H24N2O3/c1-13(2)12-19(20(25)23-18-11-7-8-14(3)15(18)4)24-21(26)16-9-5-6-10-17(16)22(24)27/h5-11,13,19H,12H2,1-4H3,(H,23,25). The molecule has 1 aliphatic heterocycles. The van der Waals surface area contributed by atoms with E-state index >= 15 is 0 Å². The van der Waals surface area contributed by atoms with Crippen molar-refractivity contribution >= 4 is 23.4 Å². The minimum atomic E-state index is -0.850. The maximum atomic E-state index is 13.1. The molecule has 1 heterocycles. The first-order valence-electron chi connectivity index (χ1n) is 9.15. The van der Waals surface area contributed by atoms with Gasteiger partial charge in [-0.25, -0.2) is 0 Å². The summed E-state index contributed by atoms with van der Waals surface area (Å²) in [5.74, 6) is -1.01. The van der Waals surface area contributed by atoms with E-state index in [0.717, 1.165) is 16.0 Å². The van der Waals surface area contributed by atoms with E-state index in [0.29, 0.717) is 23.2 Å². The van der Waals surface area contributed by atoms with Crippen LogP contribution in [0.25, 0.3) is 0 Å². The number of rotatable bonds is 5. The monoisotopic (exact) mass is 364 g/mol. The quantitative estimate of drug-likeness (QED) is 0.817. The Hall–Kier alpha value is -2.95. The van der Waals surface area contributed by atoms with Crippen LogP contribution in [0.1, 0.15) is 52.1 Å². The van der Waals surface area contributed by atoms with Gasteiger partial charge in [0, 0.05) is 5.69 Å². The lowest BCUT2D eigenvalue weighted by molar-refractivity contribution is -0.120. The van der Waals surface area contributed by atoms with Gasteiger partial charge in [0.1, 0.15) is 6.04 Å². The molecule has 0 spiro atoms. The Morgan fingerprint density at radius 2 is 1.56 bits per heavy atom. The van der Waals surface area contributed by atoms with E-state index in [2.05, 4.69) is 5.32 Å². The summed E-state index contributed by atoms with van der Waals surface area (Å²) in [6, 6.07) is 11.5. The predicted octanol–water partition coefficient (Wildman–Crippen LogP) is 3.95. The second-order valence-corrected chi connectivity index (χ2v) is 7.41. The zero-order valence-corrected chi connectivity index (χ0v) is 16.1. The highest BCUT2D eigenvalue weighted by molar-refractivity contribution is 6.23. The molecule has 0 radical (unpaired) electrons. The molecule has 140 valence electrons. The van der Waals surface area contributed by atoms with Crippen molar-refractivity contribution < 1.29 is 14.4 Å². The number of nitrogens with zero attached hydrogens (tertiary/aromatic N) is 1. The Morgan fingerprint density at radius 3 is 2.11 bits per heavy atom. The third kappa shape index (κ3) is 3.50. The van der Waals surface area contributed by atoms with Crippen LogP contribution in [0.4, 0.5) is 5.69 Å². The first-order chi connectivity index (χ1) is 12.8. The van der Waals surface area contributed by atoms with E-state index in [1.807, 2.05) is 45.9 Å². The summed E-state index contributed by atoms with van der Waals surface area (Å²) in [6.45, 7) is 7.85. The van der Waals surface area contributed by atoms with E-state index < -0.39 is 17.9 Å². The van der Waals surface area contributed by atoms with Crippen LogP contribution >= 0.6 is 0 Å². The first kappa shape index (κ1) is 18.8. The lowest BCUT2D eigenvalue weighted by Gasteiger charge is -2.27. The lowest BCUT2D eigenvalue weighted by atomic mass is 10.0. The third-order valence-electron chi connectivity index (χ3n) is 5.00. The normalized spacial score (nSPS) is 14.5. The van der Waals surface area contributed by atoms with Crippen molar-refractivity contribution in [3.8, 4) is 0 Å². The van der Waals surface area contributed by atoms with Crippen molar-refractivity contribution in [2.45, 2.75) is 40.2 Å². The van der Waals surface area contributed by atoms with Crippen LogP contribution in [0, 0.1) is 19.8 Å². The van der Waals surface area contributed by atoms with Crippen molar-refractivity contribution in [2.24, 2.45) is 5.92 Å². The second kappa shape index (κ2) is 7.35. The molecule has 0 saturated carbocycles. The van der Waals surface area contributed by atoms with Crippen LogP contribution in [-0.2, 0) is 4.79 Å². The van der Waals surface area contributed by atoms with Gasteiger partial charge in [-0.05, 0) is 55.5 Å². The smallest absolute Gasteiger partial charge is 0.262 e. The average Bonchev–Trinajstić information content (AvgIpc) is 2.88. The van der Waals surface area contributed by atoms with Gasteiger partial charge < -0.3 is 5.32 Å². The molecule has 1 N–H and O–H groups in total. The van der Waals surface area contributed by atoms with Gasteiger partial charge in [0.15, 0.2) is 0 Å². The molecule has 0 saturated heterocycles. The number of nitrogens with one attached hydrogen (secondary N) is 1. The molecule has 1 unspecified atom stereocenters. The molecular formula is C22H24N2O3. The molecule has 1 aliphatic rings. The molecule has 1 atom stereocenters. The summed E-state index contributed by atoms with van der Waals surface area (Å²) in [6.07, 6.45) is 0.405. The van der Waals surface area contributed by atoms with Crippen molar-refractivity contribution in [1.29, 1.82) is 0 Å². The zero-order valence-electron chi connectivity index (χ0n) is 16.1. The highest BCUT2D eigenvalue weighted by Crippen LogP contribution is 2.28. The molecule has 27 heavy (non-hydrogen) atoms. The minimum absolute atomic E-state index is 0.142. The van der Waals surface area contributed by atoms with Crippen LogP contribution in [0.15, 0.2) is 42.5 Å². The number of amides is 3. The van der Waals surface area contributed by atoms with Gasteiger partial charge in [0.25, 0.3) is 11.8 Å². The number of carbonyl (C=O) groups excluding carboxylic acids is 3. The van der Waals surface area contributed by atoms with E-state index in [1.165, 1.54) is 0 Å². The first-order valence-corrected chi connectivity index (χ1v) is 9.15. The summed E-state index contributed by atoms with van der Waals surface area (Å²) in [5, 5.41) is 2.92. The number of anilines is 1. The molecule has 0 aliphatic carbocycles. The Balaban J connectivity index is 1.93. The van der Waals surface area contributed by atoms with E-state index in [-0.39, 0.29) is 11.8 Å². The van der Waals surface area contributed by atoms with E-state index in [4.69, 9.17) is 0 Å². The average molecular weight is 364 g/mol. The molecule has 2 aromatic rings. The summed E-state index contributed by atoms with van der Waals surface area (Å²) in [4.78, 5) is 39.9. The molecule has 2 aromatic carbocycles.